The number of oxazole rings is 1. The highest BCUT2D eigenvalue weighted by Crippen LogP contribution is 2.33. The quantitative estimate of drug-likeness (QED) is 0.755. The van der Waals surface area contributed by atoms with Crippen LogP contribution in [0.3, 0.4) is 0 Å². The van der Waals surface area contributed by atoms with E-state index in [1.54, 1.807) is 4.90 Å². The minimum atomic E-state index is -0.581. The molecular weight excluding hydrogens is 326 g/mol. The van der Waals surface area contributed by atoms with Crippen LogP contribution < -0.4 is 0 Å². The van der Waals surface area contributed by atoms with Gasteiger partial charge < -0.3 is 13.9 Å². The van der Waals surface area contributed by atoms with E-state index in [-0.39, 0.29) is 17.8 Å². The van der Waals surface area contributed by atoms with Gasteiger partial charge in [0, 0.05) is 19.1 Å². The summed E-state index contributed by atoms with van der Waals surface area (Å²) in [6, 6.07) is -0.0542. The molecule has 0 unspecified atom stereocenters. The summed E-state index contributed by atoms with van der Waals surface area (Å²) in [6.45, 7) is 7.69. The van der Waals surface area contributed by atoms with E-state index in [9.17, 15) is 9.59 Å². The number of ether oxygens (including phenoxy) is 2. The van der Waals surface area contributed by atoms with Crippen LogP contribution in [0.15, 0.2) is 10.7 Å². The van der Waals surface area contributed by atoms with Gasteiger partial charge in [-0.1, -0.05) is 0 Å². The van der Waals surface area contributed by atoms with Crippen LogP contribution in [0.4, 0.5) is 4.79 Å². The first-order chi connectivity index (χ1) is 11.8. The Balaban J connectivity index is 1.85. The smallest absolute Gasteiger partial charge is 0.411 e. The number of methoxy groups -OCH3 is 1. The number of carbonyl (C=O) groups excluding carboxylic acids is 2. The molecule has 1 aromatic heterocycles. The number of carbonyl (C=O) groups is 2. The van der Waals surface area contributed by atoms with E-state index < -0.39 is 11.6 Å². The molecule has 2 aliphatic rings. The molecule has 0 N–H and O–H groups in total. The molecule has 0 aliphatic carbocycles. The zero-order valence-electron chi connectivity index (χ0n) is 15.2. The molecule has 1 amide bonds. The molecule has 0 radical (unpaired) electrons. The minimum Gasteiger partial charge on any atom is -0.464 e. The average Bonchev–Trinajstić information content (AvgIpc) is 3.19. The second-order valence-electron chi connectivity index (χ2n) is 7.50. The van der Waals surface area contributed by atoms with Crippen LogP contribution in [0.1, 0.15) is 56.0 Å². The monoisotopic (exact) mass is 351 g/mol. The summed E-state index contributed by atoms with van der Waals surface area (Å²) in [5.41, 5.74) is -0.479. The fourth-order valence-electron chi connectivity index (χ4n) is 3.39. The normalized spacial score (nSPS) is 24.1. The van der Waals surface area contributed by atoms with E-state index >= 15 is 0 Å². The predicted molar refractivity (Wildman–Crippen MR) is 88.1 cm³/mol. The molecule has 138 valence electrons. The number of fused-ring (bicyclic) bond motifs is 1. The summed E-state index contributed by atoms with van der Waals surface area (Å²) in [4.78, 5) is 32.6. The highest BCUT2D eigenvalue weighted by Gasteiger charge is 2.42. The average molecular weight is 351 g/mol. The Morgan fingerprint density at radius 2 is 2.08 bits per heavy atom. The summed E-state index contributed by atoms with van der Waals surface area (Å²) in [5.74, 6) is -0.231. The number of aromatic nitrogens is 1. The fourth-order valence-corrected chi connectivity index (χ4v) is 3.39. The van der Waals surface area contributed by atoms with Gasteiger partial charge in [-0.3, -0.25) is 9.80 Å². The first kappa shape index (κ1) is 17.7. The lowest BCUT2D eigenvalue weighted by Crippen LogP contribution is -2.54. The predicted octanol–water partition coefficient (Wildman–Crippen LogP) is 2.22. The van der Waals surface area contributed by atoms with Gasteiger partial charge >= 0.3 is 12.1 Å². The van der Waals surface area contributed by atoms with Crippen molar-refractivity contribution in [3.05, 3.63) is 17.8 Å². The van der Waals surface area contributed by atoms with E-state index in [0.717, 1.165) is 19.4 Å². The van der Waals surface area contributed by atoms with Crippen molar-refractivity contribution in [1.29, 1.82) is 0 Å². The van der Waals surface area contributed by atoms with Crippen LogP contribution in [0.2, 0.25) is 0 Å². The molecule has 25 heavy (non-hydrogen) atoms. The molecule has 3 heterocycles. The Bertz CT molecular complexity index is 651. The van der Waals surface area contributed by atoms with Crippen molar-refractivity contribution >= 4 is 12.1 Å². The SMILES string of the molecule is COC(=O)c1coc([C@@H]2CN3CCC[C@@H]3CN2C(=O)OC(C)(C)C)n1. The Labute approximate surface area is 147 Å². The van der Waals surface area contributed by atoms with Crippen LogP contribution >= 0.6 is 0 Å². The maximum Gasteiger partial charge on any atom is 0.411 e. The standard InChI is InChI=1S/C17H25N3O5/c1-17(2,3)25-16(22)20-8-11-6-5-7-19(11)9-13(20)14-18-12(10-24-14)15(21)23-4/h10-11,13H,5-9H2,1-4H3/t11-,13+/m1/s1. The highest BCUT2D eigenvalue weighted by atomic mass is 16.6. The number of piperazine rings is 1. The van der Waals surface area contributed by atoms with Gasteiger partial charge in [0.25, 0.3) is 0 Å². The zero-order chi connectivity index (χ0) is 18.2. The maximum absolute atomic E-state index is 12.7. The van der Waals surface area contributed by atoms with Crippen LogP contribution in [0.5, 0.6) is 0 Å². The van der Waals surface area contributed by atoms with Crippen molar-refractivity contribution in [3.63, 3.8) is 0 Å². The van der Waals surface area contributed by atoms with E-state index in [0.29, 0.717) is 25.0 Å². The molecule has 2 fully saturated rings. The van der Waals surface area contributed by atoms with Gasteiger partial charge in [0.15, 0.2) is 5.69 Å². The van der Waals surface area contributed by atoms with Crippen LogP contribution in [0.25, 0.3) is 0 Å². The van der Waals surface area contributed by atoms with E-state index in [2.05, 4.69) is 14.6 Å². The molecule has 8 nitrogen and oxygen atoms in total. The molecule has 2 aliphatic heterocycles. The zero-order valence-corrected chi connectivity index (χ0v) is 15.2. The van der Waals surface area contributed by atoms with Gasteiger partial charge in [-0.25, -0.2) is 14.6 Å². The summed E-state index contributed by atoms with van der Waals surface area (Å²) in [6.07, 6.45) is 3.05. The van der Waals surface area contributed by atoms with Gasteiger partial charge in [-0.05, 0) is 40.2 Å². The minimum absolute atomic E-state index is 0.102. The fraction of sp³-hybridized carbons (Fsp3) is 0.706. The molecule has 2 saturated heterocycles. The van der Waals surface area contributed by atoms with Crippen LogP contribution in [-0.4, -0.2) is 65.2 Å². The van der Waals surface area contributed by atoms with Gasteiger partial charge in [-0.15, -0.1) is 0 Å². The van der Waals surface area contributed by atoms with Crippen molar-refractivity contribution in [3.8, 4) is 0 Å². The van der Waals surface area contributed by atoms with E-state index in [4.69, 9.17) is 9.15 Å². The van der Waals surface area contributed by atoms with Gasteiger partial charge in [0.2, 0.25) is 5.89 Å². The summed E-state index contributed by atoms with van der Waals surface area (Å²) in [7, 11) is 1.29. The number of esters is 1. The molecule has 3 rings (SSSR count). The van der Waals surface area contributed by atoms with Crippen molar-refractivity contribution < 1.29 is 23.5 Å². The topological polar surface area (TPSA) is 85.1 Å². The third-order valence-corrected chi connectivity index (χ3v) is 4.52. The highest BCUT2D eigenvalue weighted by molar-refractivity contribution is 5.86. The molecular formula is C17H25N3O5. The van der Waals surface area contributed by atoms with Gasteiger partial charge in [-0.2, -0.15) is 0 Å². The Hall–Kier alpha value is -2.09. The lowest BCUT2D eigenvalue weighted by atomic mass is 10.1. The van der Waals surface area contributed by atoms with Crippen LogP contribution in [-0.2, 0) is 9.47 Å². The van der Waals surface area contributed by atoms with Gasteiger partial charge in [0.05, 0.1) is 7.11 Å². The number of rotatable bonds is 2. The van der Waals surface area contributed by atoms with Gasteiger partial charge in [0.1, 0.15) is 17.9 Å². The first-order valence-electron chi connectivity index (χ1n) is 8.56. The number of amides is 1. The second-order valence-corrected chi connectivity index (χ2v) is 7.50. The van der Waals surface area contributed by atoms with Crippen LogP contribution in [0, 0.1) is 0 Å². The Morgan fingerprint density at radius 3 is 2.76 bits per heavy atom. The van der Waals surface area contributed by atoms with Crippen molar-refractivity contribution in [2.75, 3.05) is 26.7 Å². The Kier molecular flexibility index (Phi) is 4.73. The molecule has 0 spiro atoms. The third kappa shape index (κ3) is 3.78. The number of nitrogens with zero attached hydrogens (tertiary/aromatic N) is 3. The Morgan fingerprint density at radius 1 is 1.32 bits per heavy atom. The molecule has 0 aromatic carbocycles. The second kappa shape index (κ2) is 6.67. The maximum atomic E-state index is 12.7. The molecule has 1 aromatic rings. The molecule has 2 atom stereocenters. The van der Waals surface area contributed by atoms with E-state index in [1.807, 2.05) is 20.8 Å². The molecule has 0 bridgehead atoms. The summed E-state index contributed by atoms with van der Waals surface area (Å²) < 4.78 is 15.7. The lowest BCUT2D eigenvalue weighted by Gasteiger charge is -2.42. The van der Waals surface area contributed by atoms with E-state index in [1.165, 1.54) is 13.4 Å². The van der Waals surface area contributed by atoms with Crippen molar-refractivity contribution in [1.82, 2.24) is 14.8 Å². The number of hydrogen-bond acceptors (Lipinski definition) is 7. The number of hydrogen-bond donors (Lipinski definition) is 0. The lowest BCUT2D eigenvalue weighted by molar-refractivity contribution is -0.0141. The largest absolute Gasteiger partial charge is 0.464 e. The molecule has 8 heteroatoms. The molecule has 0 saturated carbocycles. The van der Waals surface area contributed by atoms with Crippen molar-refractivity contribution in [2.45, 2.75) is 51.3 Å². The summed E-state index contributed by atoms with van der Waals surface area (Å²) >= 11 is 0. The summed E-state index contributed by atoms with van der Waals surface area (Å²) in [5, 5.41) is 0. The third-order valence-electron chi connectivity index (χ3n) is 4.52. The van der Waals surface area contributed by atoms with Crippen molar-refractivity contribution in [2.24, 2.45) is 0 Å². The first-order valence-corrected chi connectivity index (χ1v) is 8.56.